The molecule has 0 saturated carbocycles. The van der Waals surface area contributed by atoms with E-state index in [-0.39, 0.29) is 0 Å². The number of benzene rings is 1. The summed E-state index contributed by atoms with van der Waals surface area (Å²) in [6.07, 6.45) is 5.46. The lowest BCUT2D eigenvalue weighted by atomic mass is 10.2. The molecule has 1 aromatic rings. The number of halogens is 2. The monoisotopic (exact) mass is 301 g/mol. The standard InChI is InChI=1S/C13H17BrClN/c14-12-9-11(5-6-13(12)15)10-16-7-3-1-2-4-8-16/h5-6,9H,1-4,7-8,10H2. The Morgan fingerprint density at radius 1 is 1.12 bits per heavy atom. The van der Waals surface area contributed by atoms with Crippen molar-refractivity contribution in [1.29, 1.82) is 0 Å². The number of hydrogen-bond donors (Lipinski definition) is 0. The van der Waals surface area contributed by atoms with E-state index in [9.17, 15) is 0 Å². The Hall–Kier alpha value is -0.0500. The summed E-state index contributed by atoms with van der Waals surface area (Å²) in [7, 11) is 0. The third-order valence-electron chi connectivity index (χ3n) is 3.09. The SMILES string of the molecule is Clc1ccc(CN2CCCCCC2)cc1Br. The van der Waals surface area contributed by atoms with E-state index in [0.29, 0.717) is 0 Å². The molecule has 0 spiro atoms. The third kappa shape index (κ3) is 3.47. The minimum Gasteiger partial charge on any atom is -0.299 e. The molecule has 1 aliphatic heterocycles. The summed E-state index contributed by atoms with van der Waals surface area (Å²) < 4.78 is 1.00. The van der Waals surface area contributed by atoms with Gasteiger partial charge in [-0.1, -0.05) is 30.5 Å². The summed E-state index contributed by atoms with van der Waals surface area (Å²) in [4.78, 5) is 2.54. The summed E-state index contributed by atoms with van der Waals surface area (Å²) in [6, 6.07) is 6.23. The molecule has 0 radical (unpaired) electrons. The summed E-state index contributed by atoms with van der Waals surface area (Å²) in [5, 5.41) is 0.791. The lowest BCUT2D eigenvalue weighted by Crippen LogP contribution is -2.23. The Kier molecular flexibility index (Phi) is 4.68. The molecule has 1 fully saturated rings. The Morgan fingerprint density at radius 2 is 1.81 bits per heavy atom. The van der Waals surface area contributed by atoms with Gasteiger partial charge in [0.15, 0.2) is 0 Å². The van der Waals surface area contributed by atoms with E-state index in [2.05, 4.69) is 33.0 Å². The first-order valence-corrected chi connectivity index (χ1v) is 7.09. The van der Waals surface area contributed by atoms with Gasteiger partial charge in [0.1, 0.15) is 0 Å². The summed E-state index contributed by atoms with van der Waals surface area (Å²) in [5.41, 5.74) is 1.35. The second-order valence-electron chi connectivity index (χ2n) is 4.44. The van der Waals surface area contributed by atoms with E-state index in [1.54, 1.807) is 0 Å². The van der Waals surface area contributed by atoms with Gasteiger partial charge in [0.25, 0.3) is 0 Å². The molecule has 1 aliphatic rings. The topological polar surface area (TPSA) is 3.24 Å². The highest BCUT2D eigenvalue weighted by Crippen LogP contribution is 2.24. The van der Waals surface area contributed by atoms with Crippen molar-refractivity contribution >= 4 is 27.5 Å². The maximum Gasteiger partial charge on any atom is 0.0548 e. The van der Waals surface area contributed by atoms with Crippen LogP contribution >= 0.6 is 27.5 Å². The summed E-state index contributed by atoms with van der Waals surface area (Å²) >= 11 is 9.46. The van der Waals surface area contributed by atoms with Crippen LogP contribution in [0, 0.1) is 0 Å². The lowest BCUT2D eigenvalue weighted by Gasteiger charge is -2.19. The Morgan fingerprint density at radius 3 is 2.44 bits per heavy atom. The number of nitrogens with zero attached hydrogens (tertiary/aromatic N) is 1. The fraction of sp³-hybridized carbons (Fsp3) is 0.538. The van der Waals surface area contributed by atoms with Crippen molar-refractivity contribution in [3.63, 3.8) is 0 Å². The zero-order chi connectivity index (χ0) is 11.4. The summed E-state index contributed by atoms with van der Waals surface area (Å²) in [5.74, 6) is 0. The van der Waals surface area contributed by atoms with Crippen LogP contribution in [0.3, 0.4) is 0 Å². The molecule has 0 atom stereocenters. The highest BCUT2D eigenvalue weighted by Gasteiger charge is 2.09. The number of likely N-dealkylation sites (tertiary alicyclic amines) is 1. The molecule has 0 aliphatic carbocycles. The minimum atomic E-state index is 0.791. The molecule has 2 rings (SSSR count). The maximum atomic E-state index is 5.99. The molecule has 16 heavy (non-hydrogen) atoms. The van der Waals surface area contributed by atoms with Gasteiger partial charge >= 0.3 is 0 Å². The average Bonchev–Trinajstić information content (AvgIpc) is 2.52. The number of hydrogen-bond acceptors (Lipinski definition) is 1. The van der Waals surface area contributed by atoms with E-state index in [1.807, 2.05) is 6.07 Å². The van der Waals surface area contributed by atoms with Crippen LogP contribution in [0.15, 0.2) is 22.7 Å². The van der Waals surface area contributed by atoms with Crippen LogP contribution in [0.25, 0.3) is 0 Å². The van der Waals surface area contributed by atoms with Crippen molar-refractivity contribution in [2.75, 3.05) is 13.1 Å². The molecule has 1 heterocycles. The van der Waals surface area contributed by atoms with Crippen molar-refractivity contribution < 1.29 is 0 Å². The van der Waals surface area contributed by atoms with Crippen molar-refractivity contribution in [3.8, 4) is 0 Å². The van der Waals surface area contributed by atoms with Gasteiger partial charge in [-0.3, -0.25) is 4.90 Å². The zero-order valence-corrected chi connectivity index (χ0v) is 11.7. The van der Waals surface area contributed by atoms with Crippen LogP contribution in [0.5, 0.6) is 0 Å². The first-order valence-electron chi connectivity index (χ1n) is 5.92. The van der Waals surface area contributed by atoms with Crippen molar-refractivity contribution in [1.82, 2.24) is 4.90 Å². The van der Waals surface area contributed by atoms with E-state index in [4.69, 9.17) is 11.6 Å². The molecule has 0 N–H and O–H groups in total. The van der Waals surface area contributed by atoms with Gasteiger partial charge in [0.05, 0.1) is 5.02 Å². The molecule has 88 valence electrons. The Balaban J connectivity index is 1.99. The van der Waals surface area contributed by atoms with E-state index in [1.165, 1.54) is 44.3 Å². The molecule has 0 amide bonds. The van der Waals surface area contributed by atoms with Crippen LogP contribution in [0.1, 0.15) is 31.2 Å². The van der Waals surface area contributed by atoms with Crippen LogP contribution in [0.2, 0.25) is 5.02 Å². The van der Waals surface area contributed by atoms with Gasteiger partial charge in [0, 0.05) is 11.0 Å². The van der Waals surface area contributed by atoms with E-state index in [0.717, 1.165) is 16.0 Å². The Bertz CT molecular complexity index is 346. The molecule has 1 aromatic carbocycles. The van der Waals surface area contributed by atoms with Crippen LogP contribution in [-0.4, -0.2) is 18.0 Å². The molecule has 1 saturated heterocycles. The normalized spacial score (nSPS) is 18.4. The first-order chi connectivity index (χ1) is 7.75. The van der Waals surface area contributed by atoms with Gasteiger partial charge in [0.2, 0.25) is 0 Å². The van der Waals surface area contributed by atoms with Crippen LogP contribution in [0.4, 0.5) is 0 Å². The minimum absolute atomic E-state index is 0.791. The van der Waals surface area contributed by atoms with Crippen molar-refractivity contribution in [3.05, 3.63) is 33.3 Å². The summed E-state index contributed by atoms with van der Waals surface area (Å²) in [6.45, 7) is 3.52. The quantitative estimate of drug-likeness (QED) is 0.778. The molecule has 0 bridgehead atoms. The van der Waals surface area contributed by atoms with Crippen LogP contribution in [-0.2, 0) is 6.54 Å². The smallest absolute Gasteiger partial charge is 0.0548 e. The lowest BCUT2D eigenvalue weighted by molar-refractivity contribution is 0.277. The molecule has 0 aromatic heterocycles. The van der Waals surface area contributed by atoms with Crippen molar-refractivity contribution in [2.45, 2.75) is 32.2 Å². The third-order valence-corrected chi connectivity index (χ3v) is 4.30. The first kappa shape index (κ1) is 12.4. The molecule has 1 nitrogen and oxygen atoms in total. The highest BCUT2D eigenvalue weighted by molar-refractivity contribution is 9.10. The second-order valence-corrected chi connectivity index (χ2v) is 5.70. The fourth-order valence-corrected chi connectivity index (χ4v) is 2.73. The largest absolute Gasteiger partial charge is 0.299 e. The molecular weight excluding hydrogens is 286 g/mol. The van der Waals surface area contributed by atoms with Crippen LogP contribution < -0.4 is 0 Å². The molecule has 0 unspecified atom stereocenters. The van der Waals surface area contributed by atoms with Gasteiger partial charge < -0.3 is 0 Å². The maximum absolute atomic E-state index is 5.99. The second kappa shape index (κ2) is 6.04. The van der Waals surface area contributed by atoms with Gasteiger partial charge in [-0.15, -0.1) is 0 Å². The number of rotatable bonds is 2. The van der Waals surface area contributed by atoms with E-state index >= 15 is 0 Å². The van der Waals surface area contributed by atoms with Crippen molar-refractivity contribution in [2.24, 2.45) is 0 Å². The zero-order valence-electron chi connectivity index (χ0n) is 9.38. The van der Waals surface area contributed by atoms with Gasteiger partial charge in [-0.05, 0) is 59.6 Å². The predicted octanol–water partition coefficient (Wildman–Crippen LogP) is 4.48. The highest BCUT2D eigenvalue weighted by atomic mass is 79.9. The average molecular weight is 303 g/mol. The fourth-order valence-electron chi connectivity index (χ4n) is 2.19. The molecule has 3 heteroatoms. The predicted molar refractivity (Wildman–Crippen MR) is 72.9 cm³/mol. The van der Waals surface area contributed by atoms with Gasteiger partial charge in [-0.25, -0.2) is 0 Å². The van der Waals surface area contributed by atoms with E-state index < -0.39 is 0 Å². The van der Waals surface area contributed by atoms with Gasteiger partial charge in [-0.2, -0.15) is 0 Å². The Labute approximate surface area is 111 Å². The molecular formula is C13H17BrClN.